The number of nitrogen functional groups attached to an aromatic ring is 2. The van der Waals surface area contributed by atoms with E-state index in [4.69, 9.17) is 20.9 Å². The van der Waals surface area contributed by atoms with Crippen molar-refractivity contribution in [1.29, 1.82) is 0 Å². The summed E-state index contributed by atoms with van der Waals surface area (Å²) in [5.74, 6) is -0.875. The van der Waals surface area contributed by atoms with Crippen LogP contribution >= 0.6 is 0 Å². The first-order valence-corrected chi connectivity index (χ1v) is 11.7. The highest BCUT2D eigenvalue weighted by Gasteiger charge is 2.24. The number of amides is 1. The summed E-state index contributed by atoms with van der Waals surface area (Å²) < 4.78 is 9.93. The molecule has 186 valence electrons. The van der Waals surface area contributed by atoms with E-state index in [9.17, 15) is 14.4 Å². The summed E-state index contributed by atoms with van der Waals surface area (Å²) in [5.41, 5.74) is 15.9. The van der Waals surface area contributed by atoms with Gasteiger partial charge < -0.3 is 26.3 Å². The Bertz CT molecular complexity index is 1110. The molecule has 0 saturated heterocycles. The van der Waals surface area contributed by atoms with Crippen molar-refractivity contribution < 1.29 is 23.9 Å². The minimum atomic E-state index is -0.944. The fraction of sp³-hybridized carbons (Fsp3) is 0.400. The average molecular weight is 482 g/mol. The van der Waals surface area contributed by atoms with Gasteiger partial charge in [-0.2, -0.15) is 4.98 Å². The lowest BCUT2D eigenvalue weighted by Gasteiger charge is -2.17. The number of carbonyl (C=O) groups is 3. The fourth-order valence-electron chi connectivity index (χ4n) is 3.92. The molecule has 0 radical (unpaired) electrons. The van der Waals surface area contributed by atoms with Crippen LogP contribution in [0.4, 0.5) is 11.8 Å². The molecule has 0 spiro atoms. The van der Waals surface area contributed by atoms with Gasteiger partial charge in [0.15, 0.2) is 0 Å². The lowest BCUT2D eigenvalue weighted by molar-refractivity contribution is -0.146. The van der Waals surface area contributed by atoms with Gasteiger partial charge in [0.05, 0.1) is 18.9 Å². The second-order valence-electron chi connectivity index (χ2n) is 8.04. The van der Waals surface area contributed by atoms with Crippen LogP contribution in [0.2, 0.25) is 0 Å². The molecule has 1 amide bonds. The van der Waals surface area contributed by atoms with E-state index in [1.165, 1.54) is 0 Å². The Morgan fingerprint density at radius 1 is 1.06 bits per heavy atom. The van der Waals surface area contributed by atoms with Gasteiger partial charge in [0.2, 0.25) is 5.95 Å². The predicted molar refractivity (Wildman–Crippen MR) is 131 cm³/mol. The summed E-state index contributed by atoms with van der Waals surface area (Å²) >= 11 is 0. The van der Waals surface area contributed by atoms with Crippen molar-refractivity contribution in [2.45, 2.75) is 52.0 Å². The first-order valence-electron chi connectivity index (χ1n) is 11.7. The average Bonchev–Trinajstić information content (AvgIpc) is 3.24. The number of esters is 2. The zero-order valence-corrected chi connectivity index (χ0v) is 20.0. The SMILES string of the molecule is CCOC(=O)CC[C@H](NC(=O)c1ccc(CC=C2CCc3nc(N)nc(N)c32)cc1)C(=O)OCC. The Hall–Kier alpha value is -3.95. The minimum Gasteiger partial charge on any atom is -0.466 e. The van der Waals surface area contributed by atoms with Crippen LogP contribution in [0.25, 0.3) is 5.57 Å². The molecule has 1 heterocycles. The zero-order valence-electron chi connectivity index (χ0n) is 20.0. The molecule has 1 atom stereocenters. The number of ether oxygens (including phenoxy) is 2. The summed E-state index contributed by atoms with van der Waals surface area (Å²) in [6, 6.07) is 6.14. The number of carbonyl (C=O) groups excluding carboxylic acids is 3. The van der Waals surface area contributed by atoms with Gasteiger partial charge in [0.25, 0.3) is 5.91 Å². The number of aromatic nitrogens is 2. The molecular weight excluding hydrogens is 450 g/mol. The monoisotopic (exact) mass is 481 g/mol. The van der Waals surface area contributed by atoms with Crippen molar-refractivity contribution in [1.82, 2.24) is 15.3 Å². The van der Waals surface area contributed by atoms with Crippen molar-refractivity contribution in [2.24, 2.45) is 0 Å². The van der Waals surface area contributed by atoms with E-state index in [1.807, 2.05) is 12.1 Å². The Labute approximate surface area is 204 Å². The van der Waals surface area contributed by atoms with Crippen LogP contribution in [-0.4, -0.2) is 47.1 Å². The molecule has 10 nitrogen and oxygen atoms in total. The maximum Gasteiger partial charge on any atom is 0.328 e. The van der Waals surface area contributed by atoms with Crippen molar-refractivity contribution in [3.63, 3.8) is 0 Å². The quantitative estimate of drug-likeness (QED) is 0.432. The predicted octanol–water partition coefficient (Wildman–Crippen LogP) is 2.22. The van der Waals surface area contributed by atoms with Gasteiger partial charge in [0, 0.05) is 17.5 Å². The maximum absolute atomic E-state index is 12.7. The molecule has 35 heavy (non-hydrogen) atoms. The maximum atomic E-state index is 12.7. The van der Waals surface area contributed by atoms with Crippen LogP contribution in [0.3, 0.4) is 0 Å². The van der Waals surface area contributed by atoms with Gasteiger partial charge in [-0.05, 0) is 62.8 Å². The molecule has 0 aliphatic heterocycles. The summed E-state index contributed by atoms with van der Waals surface area (Å²) in [7, 11) is 0. The highest BCUT2D eigenvalue weighted by atomic mass is 16.5. The van der Waals surface area contributed by atoms with Crippen LogP contribution in [0.1, 0.15) is 60.3 Å². The Morgan fingerprint density at radius 2 is 1.77 bits per heavy atom. The van der Waals surface area contributed by atoms with E-state index in [-0.39, 0.29) is 32.0 Å². The van der Waals surface area contributed by atoms with Crippen LogP contribution in [0.15, 0.2) is 30.3 Å². The van der Waals surface area contributed by atoms with Gasteiger partial charge in [-0.25, -0.2) is 9.78 Å². The Morgan fingerprint density at radius 3 is 2.46 bits per heavy atom. The first kappa shape index (κ1) is 25.7. The summed E-state index contributed by atoms with van der Waals surface area (Å²) in [5, 5.41) is 2.66. The standard InChI is InChI=1S/C25H31N5O5/c1-3-34-20(31)14-13-19(24(33)35-4-2)28-23(32)17-9-6-15(7-10-17)5-8-16-11-12-18-21(16)22(26)30-25(27)29-18/h6-10,19H,3-5,11-14H2,1-2H3,(H,28,32)(H4,26,27,29,30)/t19-/m0/s1. The number of anilines is 2. The first-order chi connectivity index (χ1) is 16.8. The van der Waals surface area contributed by atoms with Gasteiger partial charge >= 0.3 is 11.9 Å². The highest BCUT2D eigenvalue weighted by Crippen LogP contribution is 2.35. The molecular formula is C25H31N5O5. The van der Waals surface area contributed by atoms with Crippen LogP contribution in [-0.2, 0) is 31.9 Å². The third kappa shape index (κ3) is 6.78. The number of rotatable bonds is 10. The van der Waals surface area contributed by atoms with Crippen molar-refractivity contribution in [3.8, 4) is 0 Å². The summed E-state index contributed by atoms with van der Waals surface area (Å²) in [6.45, 7) is 3.80. The molecule has 0 fully saturated rings. The zero-order chi connectivity index (χ0) is 25.4. The smallest absolute Gasteiger partial charge is 0.328 e. The molecule has 1 aliphatic rings. The number of aryl methyl sites for hydroxylation is 1. The Balaban J connectivity index is 1.63. The summed E-state index contributed by atoms with van der Waals surface area (Å²) in [4.78, 5) is 45.0. The molecule has 0 unspecified atom stereocenters. The number of nitrogens with zero attached hydrogens (tertiary/aromatic N) is 2. The van der Waals surface area contributed by atoms with Crippen molar-refractivity contribution >= 4 is 35.2 Å². The number of nitrogens with two attached hydrogens (primary N) is 2. The molecule has 1 aromatic heterocycles. The minimum absolute atomic E-state index is 0.00349. The fourth-order valence-corrected chi connectivity index (χ4v) is 3.92. The van der Waals surface area contributed by atoms with E-state index >= 15 is 0 Å². The van der Waals surface area contributed by atoms with Crippen molar-refractivity contribution in [2.75, 3.05) is 24.7 Å². The normalized spacial score (nSPS) is 14.3. The molecule has 1 aliphatic carbocycles. The lowest BCUT2D eigenvalue weighted by Crippen LogP contribution is -2.42. The van der Waals surface area contributed by atoms with Gasteiger partial charge in [-0.3, -0.25) is 9.59 Å². The third-order valence-electron chi connectivity index (χ3n) is 5.60. The van der Waals surface area contributed by atoms with Crippen LogP contribution in [0.5, 0.6) is 0 Å². The van der Waals surface area contributed by atoms with E-state index < -0.39 is 23.9 Å². The second-order valence-corrected chi connectivity index (χ2v) is 8.04. The third-order valence-corrected chi connectivity index (χ3v) is 5.60. The molecule has 0 saturated carbocycles. The highest BCUT2D eigenvalue weighted by molar-refractivity contribution is 5.97. The van der Waals surface area contributed by atoms with E-state index in [0.717, 1.165) is 35.2 Å². The number of hydrogen-bond acceptors (Lipinski definition) is 9. The molecule has 2 aromatic rings. The number of allylic oxidation sites excluding steroid dienone is 2. The summed E-state index contributed by atoms with van der Waals surface area (Å²) in [6.07, 6.45) is 4.41. The van der Waals surface area contributed by atoms with Gasteiger partial charge in [-0.1, -0.05) is 18.2 Å². The number of benzene rings is 1. The number of hydrogen-bond donors (Lipinski definition) is 3. The molecule has 1 aromatic carbocycles. The lowest BCUT2D eigenvalue weighted by atomic mass is 10.0. The topological polar surface area (TPSA) is 160 Å². The molecule has 10 heteroatoms. The molecule has 5 N–H and O–H groups in total. The van der Waals surface area contributed by atoms with Crippen LogP contribution in [0, 0.1) is 0 Å². The number of fused-ring (bicyclic) bond motifs is 1. The van der Waals surface area contributed by atoms with Gasteiger partial charge in [0.1, 0.15) is 11.9 Å². The Kier molecular flexibility index (Phi) is 8.77. The van der Waals surface area contributed by atoms with Crippen molar-refractivity contribution in [3.05, 3.63) is 52.7 Å². The molecule has 0 bridgehead atoms. The van der Waals surface area contributed by atoms with E-state index in [0.29, 0.717) is 17.8 Å². The van der Waals surface area contributed by atoms with Crippen LogP contribution < -0.4 is 16.8 Å². The largest absolute Gasteiger partial charge is 0.466 e. The van der Waals surface area contributed by atoms with E-state index in [2.05, 4.69) is 21.4 Å². The second kappa shape index (κ2) is 12.0. The van der Waals surface area contributed by atoms with Gasteiger partial charge in [-0.15, -0.1) is 0 Å². The molecule has 3 rings (SSSR count). The van der Waals surface area contributed by atoms with E-state index in [1.54, 1.807) is 26.0 Å². The number of nitrogens with one attached hydrogen (secondary N) is 1.